The molecule has 0 aliphatic carbocycles. The molecule has 5 heteroatoms. The molecule has 0 spiro atoms. The zero-order valence-electron chi connectivity index (χ0n) is 9.95. The molecule has 4 nitrogen and oxygen atoms in total. The van der Waals surface area contributed by atoms with Crippen molar-refractivity contribution in [2.75, 3.05) is 12.4 Å². The van der Waals surface area contributed by atoms with E-state index in [-0.39, 0.29) is 0 Å². The van der Waals surface area contributed by atoms with E-state index in [0.29, 0.717) is 13.2 Å². The molecule has 18 heavy (non-hydrogen) atoms. The van der Waals surface area contributed by atoms with Crippen LogP contribution in [0.3, 0.4) is 0 Å². The molecule has 0 amide bonds. The van der Waals surface area contributed by atoms with E-state index in [9.17, 15) is 0 Å². The number of nitrogens with zero attached hydrogens (tertiary/aromatic N) is 2. The van der Waals surface area contributed by atoms with Crippen molar-refractivity contribution in [3.63, 3.8) is 0 Å². The highest BCUT2D eigenvalue weighted by molar-refractivity contribution is 7.99. The fraction of sp³-hybridized carbons (Fsp3) is 0.231. The van der Waals surface area contributed by atoms with E-state index in [1.165, 1.54) is 0 Å². The van der Waals surface area contributed by atoms with Crippen LogP contribution in [-0.2, 0) is 6.54 Å². The summed E-state index contributed by atoms with van der Waals surface area (Å²) in [5, 5.41) is 0.965. The Bertz CT molecular complexity index is 461. The summed E-state index contributed by atoms with van der Waals surface area (Å²) in [6, 6.07) is 9.73. The van der Waals surface area contributed by atoms with E-state index in [1.54, 1.807) is 24.3 Å². The van der Waals surface area contributed by atoms with E-state index in [0.717, 1.165) is 22.1 Å². The number of rotatable bonds is 6. The third-order valence-electron chi connectivity index (χ3n) is 2.32. The Balaban J connectivity index is 1.72. The van der Waals surface area contributed by atoms with E-state index >= 15 is 0 Å². The highest BCUT2D eigenvalue weighted by atomic mass is 32.2. The van der Waals surface area contributed by atoms with Gasteiger partial charge < -0.3 is 10.5 Å². The number of hydrogen-bond acceptors (Lipinski definition) is 5. The first-order valence-electron chi connectivity index (χ1n) is 5.69. The summed E-state index contributed by atoms with van der Waals surface area (Å²) in [6.07, 6.45) is 3.29. The average Bonchev–Trinajstić information content (AvgIpc) is 2.45. The van der Waals surface area contributed by atoms with Crippen LogP contribution in [0.25, 0.3) is 0 Å². The highest BCUT2D eigenvalue weighted by Gasteiger charge is 1.97. The first-order chi connectivity index (χ1) is 8.88. The van der Waals surface area contributed by atoms with Crippen molar-refractivity contribution in [2.45, 2.75) is 11.6 Å². The molecule has 2 rings (SSSR count). The standard InChI is InChI=1S/C13H15N3OS/c14-9-11-1-3-12(4-2-11)17-7-8-18-13-5-6-15-10-16-13/h1-6,10H,7-9,14H2. The van der Waals surface area contributed by atoms with E-state index in [2.05, 4.69) is 9.97 Å². The summed E-state index contributed by atoms with van der Waals surface area (Å²) in [7, 11) is 0. The molecule has 0 unspecified atom stereocenters. The van der Waals surface area contributed by atoms with Crippen LogP contribution in [-0.4, -0.2) is 22.3 Å². The maximum atomic E-state index is 5.62. The van der Waals surface area contributed by atoms with Gasteiger partial charge in [0.25, 0.3) is 0 Å². The lowest BCUT2D eigenvalue weighted by Crippen LogP contribution is -2.01. The van der Waals surface area contributed by atoms with Gasteiger partial charge in [-0.1, -0.05) is 12.1 Å². The van der Waals surface area contributed by atoms with Crippen LogP contribution >= 0.6 is 11.8 Å². The quantitative estimate of drug-likeness (QED) is 0.490. The molecule has 0 aliphatic rings. The molecule has 0 saturated carbocycles. The summed E-state index contributed by atoms with van der Waals surface area (Å²) < 4.78 is 5.62. The number of ether oxygens (including phenoxy) is 1. The molecular formula is C13H15N3OS. The Morgan fingerprint density at radius 3 is 2.67 bits per heavy atom. The molecule has 2 N–H and O–H groups in total. The van der Waals surface area contributed by atoms with E-state index in [1.807, 2.05) is 30.3 Å². The molecule has 1 heterocycles. The minimum Gasteiger partial charge on any atom is -0.493 e. The third kappa shape index (κ3) is 4.01. The lowest BCUT2D eigenvalue weighted by atomic mass is 10.2. The molecule has 0 atom stereocenters. The van der Waals surface area contributed by atoms with Crippen LogP contribution in [0.2, 0.25) is 0 Å². The second-order valence-corrected chi connectivity index (χ2v) is 4.71. The molecule has 0 bridgehead atoms. The van der Waals surface area contributed by atoms with Crippen LogP contribution in [0.1, 0.15) is 5.56 Å². The summed E-state index contributed by atoms with van der Waals surface area (Å²) in [5.74, 6) is 1.73. The van der Waals surface area contributed by atoms with E-state index in [4.69, 9.17) is 10.5 Å². The molecule has 1 aromatic carbocycles. The van der Waals surface area contributed by atoms with Gasteiger partial charge in [-0.25, -0.2) is 9.97 Å². The SMILES string of the molecule is NCc1ccc(OCCSc2ccncn2)cc1. The van der Waals surface area contributed by atoms with Gasteiger partial charge in [0.15, 0.2) is 0 Å². The Kier molecular flexibility index (Phi) is 4.99. The molecule has 0 radical (unpaired) electrons. The molecular weight excluding hydrogens is 246 g/mol. The maximum absolute atomic E-state index is 5.62. The van der Waals surface area contributed by atoms with Crippen LogP contribution in [0.4, 0.5) is 0 Å². The minimum atomic E-state index is 0.559. The predicted octanol–water partition coefficient (Wildman–Crippen LogP) is 2.11. The van der Waals surface area contributed by atoms with Gasteiger partial charge in [-0.3, -0.25) is 0 Å². The van der Waals surface area contributed by atoms with Crippen molar-refractivity contribution in [3.05, 3.63) is 48.4 Å². The zero-order chi connectivity index (χ0) is 12.6. The van der Waals surface area contributed by atoms with Crippen LogP contribution in [0.15, 0.2) is 47.9 Å². The van der Waals surface area contributed by atoms with Crippen LogP contribution < -0.4 is 10.5 Å². The average molecular weight is 261 g/mol. The number of benzene rings is 1. The first kappa shape index (κ1) is 12.9. The van der Waals surface area contributed by atoms with Gasteiger partial charge in [0.05, 0.1) is 11.6 Å². The van der Waals surface area contributed by atoms with Crippen LogP contribution in [0, 0.1) is 0 Å². The van der Waals surface area contributed by atoms with Gasteiger partial charge in [0, 0.05) is 18.5 Å². The van der Waals surface area contributed by atoms with Crippen molar-refractivity contribution < 1.29 is 4.74 Å². The lowest BCUT2D eigenvalue weighted by Gasteiger charge is -2.06. The van der Waals surface area contributed by atoms with Crippen molar-refractivity contribution in [1.29, 1.82) is 0 Å². The Labute approximate surface area is 111 Å². The second-order valence-electron chi connectivity index (χ2n) is 3.59. The van der Waals surface area contributed by atoms with Gasteiger partial charge in [0.1, 0.15) is 12.1 Å². The summed E-state index contributed by atoms with van der Waals surface area (Å²) >= 11 is 1.65. The fourth-order valence-electron chi connectivity index (χ4n) is 1.39. The lowest BCUT2D eigenvalue weighted by molar-refractivity contribution is 0.344. The smallest absolute Gasteiger partial charge is 0.119 e. The Morgan fingerprint density at radius 1 is 1.17 bits per heavy atom. The van der Waals surface area contributed by atoms with E-state index < -0.39 is 0 Å². The van der Waals surface area contributed by atoms with Crippen molar-refractivity contribution >= 4 is 11.8 Å². The first-order valence-corrected chi connectivity index (χ1v) is 6.67. The van der Waals surface area contributed by atoms with Gasteiger partial charge in [-0.2, -0.15) is 0 Å². The van der Waals surface area contributed by atoms with Gasteiger partial charge in [-0.15, -0.1) is 11.8 Å². The molecule has 0 fully saturated rings. The molecule has 0 aliphatic heterocycles. The summed E-state index contributed by atoms with van der Waals surface area (Å²) in [5.41, 5.74) is 6.64. The predicted molar refractivity (Wildman–Crippen MR) is 72.6 cm³/mol. The normalized spacial score (nSPS) is 10.3. The highest BCUT2D eigenvalue weighted by Crippen LogP contribution is 2.15. The molecule has 1 aromatic heterocycles. The number of thioether (sulfide) groups is 1. The topological polar surface area (TPSA) is 61.0 Å². The van der Waals surface area contributed by atoms with Crippen LogP contribution in [0.5, 0.6) is 5.75 Å². The molecule has 2 aromatic rings. The zero-order valence-corrected chi connectivity index (χ0v) is 10.8. The second kappa shape index (κ2) is 6.98. The monoisotopic (exact) mass is 261 g/mol. The summed E-state index contributed by atoms with van der Waals surface area (Å²) in [6.45, 7) is 1.21. The number of aromatic nitrogens is 2. The number of nitrogens with two attached hydrogens (primary N) is 1. The van der Waals surface area contributed by atoms with Crippen molar-refractivity contribution in [1.82, 2.24) is 9.97 Å². The maximum Gasteiger partial charge on any atom is 0.119 e. The van der Waals surface area contributed by atoms with Gasteiger partial charge in [-0.05, 0) is 23.8 Å². The van der Waals surface area contributed by atoms with Crippen molar-refractivity contribution in [3.8, 4) is 5.75 Å². The minimum absolute atomic E-state index is 0.559. The Morgan fingerprint density at radius 2 is 2.00 bits per heavy atom. The summed E-state index contributed by atoms with van der Waals surface area (Å²) in [4.78, 5) is 8.00. The molecule has 0 saturated heterocycles. The van der Waals surface area contributed by atoms with Gasteiger partial charge in [0.2, 0.25) is 0 Å². The van der Waals surface area contributed by atoms with Crippen molar-refractivity contribution in [2.24, 2.45) is 5.73 Å². The Hall–Kier alpha value is -1.59. The largest absolute Gasteiger partial charge is 0.493 e. The molecule has 94 valence electrons. The van der Waals surface area contributed by atoms with Gasteiger partial charge >= 0.3 is 0 Å². The third-order valence-corrected chi connectivity index (χ3v) is 3.22. The number of hydrogen-bond donors (Lipinski definition) is 1. The fourth-order valence-corrected chi connectivity index (χ4v) is 2.05.